The molecule has 0 unspecified atom stereocenters. The first kappa shape index (κ1) is 15.7. The lowest BCUT2D eigenvalue weighted by molar-refractivity contribution is -0.116. The van der Waals surface area contributed by atoms with Crippen LogP contribution in [0.15, 0.2) is 53.0 Å². The lowest BCUT2D eigenvalue weighted by Crippen LogP contribution is -2.13. The van der Waals surface area contributed by atoms with Gasteiger partial charge in [0.1, 0.15) is 0 Å². The van der Waals surface area contributed by atoms with Gasteiger partial charge in [-0.2, -0.15) is 0 Å². The monoisotopic (exact) mass is 365 g/mol. The number of ketones is 1. The Kier molecular flexibility index (Phi) is 5.53. The van der Waals surface area contributed by atoms with Crippen molar-refractivity contribution in [2.24, 2.45) is 0 Å². The number of hydrogen-bond acceptors (Lipinski definition) is 2. The molecule has 5 heteroatoms. The van der Waals surface area contributed by atoms with Gasteiger partial charge in [0.25, 0.3) is 0 Å². The predicted molar refractivity (Wildman–Crippen MR) is 87.8 cm³/mol. The van der Waals surface area contributed by atoms with E-state index >= 15 is 0 Å². The van der Waals surface area contributed by atoms with Gasteiger partial charge in [-0.05, 0) is 30.3 Å². The van der Waals surface area contributed by atoms with Crippen LogP contribution in [0.4, 0.5) is 5.69 Å². The summed E-state index contributed by atoms with van der Waals surface area (Å²) >= 11 is 9.17. The van der Waals surface area contributed by atoms with Gasteiger partial charge < -0.3 is 5.32 Å². The summed E-state index contributed by atoms with van der Waals surface area (Å²) in [5.41, 5.74) is 1.22. The average Bonchev–Trinajstić information content (AvgIpc) is 2.45. The molecule has 0 spiro atoms. The first-order valence-corrected chi connectivity index (χ1v) is 7.56. The largest absolute Gasteiger partial charge is 0.326 e. The standard InChI is InChI=1S/C16H13BrClNO2/c17-12-4-2-6-14(10-12)19-16(21)8-7-15(20)11-3-1-5-13(18)9-11/h1-6,9-10H,7-8H2,(H,19,21). The third-order valence-electron chi connectivity index (χ3n) is 2.83. The Morgan fingerprint density at radius 2 is 1.81 bits per heavy atom. The number of nitrogens with one attached hydrogen (secondary N) is 1. The number of carbonyl (C=O) groups excluding carboxylic acids is 2. The second kappa shape index (κ2) is 7.38. The van der Waals surface area contributed by atoms with Gasteiger partial charge in [-0.1, -0.05) is 45.7 Å². The number of Topliss-reactive ketones (excluding diaryl/α,β-unsaturated/α-hetero) is 1. The Hall–Kier alpha value is -1.65. The molecule has 0 aliphatic heterocycles. The van der Waals surface area contributed by atoms with Crippen molar-refractivity contribution < 1.29 is 9.59 Å². The van der Waals surface area contributed by atoms with E-state index in [-0.39, 0.29) is 24.5 Å². The van der Waals surface area contributed by atoms with Gasteiger partial charge in [0.2, 0.25) is 5.91 Å². The van der Waals surface area contributed by atoms with E-state index in [1.165, 1.54) is 0 Å². The molecule has 0 radical (unpaired) electrons. The Labute approximate surface area is 136 Å². The summed E-state index contributed by atoms with van der Waals surface area (Å²) in [5, 5.41) is 3.27. The normalized spacial score (nSPS) is 10.2. The predicted octanol–water partition coefficient (Wildman–Crippen LogP) is 4.70. The van der Waals surface area contributed by atoms with Crippen molar-refractivity contribution in [2.45, 2.75) is 12.8 Å². The smallest absolute Gasteiger partial charge is 0.224 e. The summed E-state index contributed by atoms with van der Waals surface area (Å²) < 4.78 is 0.885. The van der Waals surface area contributed by atoms with Crippen molar-refractivity contribution in [3.63, 3.8) is 0 Å². The van der Waals surface area contributed by atoms with Crippen molar-refractivity contribution in [2.75, 3.05) is 5.32 Å². The minimum absolute atomic E-state index is 0.0955. The van der Waals surface area contributed by atoms with Crippen molar-refractivity contribution in [3.8, 4) is 0 Å². The highest BCUT2D eigenvalue weighted by Gasteiger charge is 2.10. The quantitative estimate of drug-likeness (QED) is 0.779. The third-order valence-corrected chi connectivity index (χ3v) is 3.56. The lowest BCUT2D eigenvalue weighted by atomic mass is 10.1. The van der Waals surface area contributed by atoms with Crippen molar-refractivity contribution >= 4 is 44.9 Å². The van der Waals surface area contributed by atoms with Gasteiger partial charge in [0, 0.05) is 33.6 Å². The molecule has 1 N–H and O–H groups in total. The van der Waals surface area contributed by atoms with Crippen LogP contribution >= 0.6 is 27.5 Å². The van der Waals surface area contributed by atoms with Crippen LogP contribution in [0.2, 0.25) is 5.02 Å². The Bertz CT molecular complexity index is 673. The van der Waals surface area contributed by atoms with Gasteiger partial charge >= 0.3 is 0 Å². The van der Waals surface area contributed by atoms with E-state index in [4.69, 9.17) is 11.6 Å². The summed E-state index contributed by atoms with van der Waals surface area (Å²) in [7, 11) is 0. The molecule has 2 aromatic rings. The van der Waals surface area contributed by atoms with Crippen molar-refractivity contribution in [3.05, 3.63) is 63.6 Å². The molecule has 3 nitrogen and oxygen atoms in total. The molecule has 0 bridgehead atoms. The maximum absolute atomic E-state index is 12.0. The van der Waals surface area contributed by atoms with Crippen LogP contribution < -0.4 is 5.32 Å². The highest BCUT2D eigenvalue weighted by Crippen LogP contribution is 2.16. The summed E-state index contributed by atoms with van der Waals surface area (Å²) in [6, 6.07) is 14.0. The maximum Gasteiger partial charge on any atom is 0.224 e. The molecular weight excluding hydrogens is 354 g/mol. The molecule has 21 heavy (non-hydrogen) atoms. The summed E-state index contributed by atoms with van der Waals surface area (Å²) in [6.07, 6.45) is 0.290. The average molecular weight is 367 g/mol. The number of amides is 1. The second-order valence-electron chi connectivity index (χ2n) is 4.49. The topological polar surface area (TPSA) is 46.2 Å². The molecular formula is C16H13BrClNO2. The van der Waals surface area contributed by atoms with E-state index in [9.17, 15) is 9.59 Å². The number of benzene rings is 2. The Morgan fingerprint density at radius 1 is 1.05 bits per heavy atom. The number of carbonyl (C=O) groups is 2. The molecule has 108 valence electrons. The molecule has 0 saturated heterocycles. The Morgan fingerprint density at radius 3 is 2.52 bits per heavy atom. The van der Waals surface area contributed by atoms with Crippen LogP contribution in [0.5, 0.6) is 0 Å². The molecule has 0 fully saturated rings. The number of anilines is 1. The summed E-state index contributed by atoms with van der Waals surface area (Å²) in [5.74, 6) is -0.287. The minimum atomic E-state index is -0.191. The highest BCUT2D eigenvalue weighted by atomic mass is 79.9. The fraction of sp³-hybridized carbons (Fsp3) is 0.125. The molecule has 0 aromatic heterocycles. The van der Waals surface area contributed by atoms with Crippen LogP contribution in [0, 0.1) is 0 Å². The molecule has 1 amide bonds. The SMILES string of the molecule is O=C(CCC(=O)c1cccc(Cl)c1)Nc1cccc(Br)c1. The lowest BCUT2D eigenvalue weighted by Gasteiger charge is -2.05. The van der Waals surface area contributed by atoms with E-state index in [0.717, 1.165) is 4.47 Å². The highest BCUT2D eigenvalue weighted by molar-refractivity contribution is 9.10. The Balaban J connectivity index is 1.88. The van der Waals surface area contributed by atoms with E-state index in [0.29, 0.717) is 16.3 Å². The first-order valence-electron chi connectivity index (χ1n) is 6.39. The molecule has 2 aromatic carbocycles. The second-order valence-corrected chi connectivity index (χ2v) is 5.84. The summed E-state index contributed by atoms with van der Waals surface area (Å²) in [4.78, 5) is 23.8. The van der Waals surface area contributed by atoms with Gasteiger partial charge in [-0.15, -0.1) is 0 Å². The van der Waals surface area contributed by atoms with E-state index in [2.05, 4.69) is 21.2 Å². The van der Waals surface area contributed by atoms with E-state index < -0.39 is 0 Å². The number of rotatable bonds is 5. The fourth-order valence-corrected chi connectivity index (χ4v) is 2.41. The molecule has 0 atom stereocenters. The molecule has 0 aliphatic rings. The number of hydrogen-bond donors (Lipinski definition) is 1. The molecule has 0 aliphatic carbocycles. The van der Waals surface area contributed by atoms with Crippen molar-refractivity contribution in [1.29, 1.82) is 0 Å². The first-order chi connectivity index (χ1) is 10.0. The zero-order valence-electron chi connectivity index (χ0n) is 11.1. The zero-order chi connectivity index (χ0) is 15.2. The zero-order valence-corrected chi connectivity index (χ0v) is 13.4. The minimum Gasteiger partial charge on any atom is -0.326 e. The molecule has 2 rings (SSSR count). The van der Waals surface area contributed by atoms with Crippen LogP contribution in [0.3, 0.4) is 0 Å². The van der Waals surface area contributed by atoms with Crippen LogP contribution in [0.1, 0.15) is 23.2 Å². The van der Waals surface area contributed by atoms with Gasteiger partial charge in [0.15, 0.2) is 5.78 Å². The maximum atomic E-state index is 12.0. The fourth-order valence-electron chi connectivity index (χ4n) is 1.82. The van der Waals surface area contributed by atoms with Gasteiger partial charge in [-0.3, -0.25) is 9.59 Å². The van der Waals surface area contributed by atoms with Gasteiger partial charge in [-0.25, -0.2) is 0 Å². The third kappa shape index (κ3) is 4.99. The van der Waals surface area contributed by atoms with Gasteiger partial charge in [0.05, 0.1) is 0 Å². The molecule has 0 heterocycles. The van der Waals surface area contributed by atoms with Crippen LogP contribution in [-0.2, 0) is 4.79 Å². The number of halogens is 2. The van der Waals surface area contributed by atoms with E-state index in [1.54, 1.807) is 36.4 Å². The molecule has 0 saturated carbocycles. The van der Waals surface area contributed by atoms with Crippen LogP contribution in [0.25, 0.3) is 0 Å². The van der Waals surface area contributed by atoms with Crippen LogP contribution in [-0.4, -0.2) is 11.7 Å². The van der Waals surface area contributed by atoms with Crippen molar-refractivity contribution in [1.82, 2.24) is 0 Å². The summed E-state index contributed by atoms with van der Waals surface area (Å²) in [6.45, 7) is 0. The van der Waals surface area contributed by atoms with E-state index in [1.807, 2.05) is 12.1 Å².